The van der Waals surface area contributed by atoms with Crippen LogP contribution in [0.25, 0.3) is 0 Å². The molecule has 0 aromatic heterocycles. The summed E-state index contributed by atoms with van der Waals surface area (Å²) in [6, 6.07) is 6.03. The summed E-state index contributed by atoms with van der Waals surface area (Å²) >= 11 is 0. The molecule has 1 saturated heterocycles. The van der Waals surface area contributed by atoms with Gasteiger partial charge in [-0.3, -0.25) is 9.59 Å². The highest BCUT2D eigenvalue weighted by atomic mass is 32.2. The van der Waals surface area contributed by atoms with Crippen LogP contribution in [0.4, 0.5) is 5.69 Å². The molecule has 2 rings (SSSR count). The Kier molecular flexibility index (Phi) is 7.00. The zero-order valence-corrected chi connectivity index (χ0v) is 17.1. The number of ether oxygens (including phenoxy) is 1. The molecule has 1 aromatic rings. The molecule has 27 heavy (non-hydrogen) atoms. The van der Waals surface area contributed by atoms with E-state index in [1.807, 2.05) is 0 Å². The number of rotatable bonds is 6. The van der Waals surface area contributed by atoms with Gasteiger partial charge in [0.1, 0.15) is 0 Å². The van der Waals surface area contributed by atoms with E-state index >= 15 is 0 Å². The summed E-state index contributed by atoms with van der Waals surface area (Å²) in [4.78, 5) is 23.4. The van der Waals surface area contributed by atoms with Gasteiger partial charge in [0.15, 0.2) is 6.61 Å². The van der Waals surface area contributed by atoms with E-state index in [1.165, 1.54) is 28.6 Å². The molecule has 0 spiro atoms. The average molecular weight is 397 g/mol. The van der Waals surface area contributed by atoms with Crippen molar-refractivity contribution >= 4 is 27.6 Å². The van der Waals surface area contributed by atoms with E-state index in [-0.39, 0.29) is 17.4 Å². The average Bonchev–Trinajstić information content (AvgIpc) is 2.59. The molecule has 150 valence electrons. The zero-order chi connectivity index (χ0) is 20.2. The van der Waals surface area contributed by atoms with Crippen molar-refractivity contribution in [2.24, 2.45) is 17.8 Å². The molecule has 1 N–H and O–H groups in total. The van der Waals surface area contributed by atoms with Crippen LogP contribution in [0.1, 0.15) is 34.1 Å². The first-order chi connectivity index (χ1) is 12.6. The third-order valence-corrected chi connectivity index (χ3v) is 6.27. The second-order valence-electron chi connectivity index (χ2n) is 7.60. The molecule has 0 radical (unpaired) electrons. The number of amides is 1. The van der Waals surface area contributed by atoms with Gasteiger partial charge in [-0.2, -0.15) is 4.31 Å². The Bertz CT molecular complexity index is 764. The minimum Gasteiger partial charge on any atom is -0.455 e. The topological polar surface area (TPSA) is 92.8 Å². The van der Waals surface area contributed by atoms with Gasteiger partial charge >= 0.3 is 5.97 Å². The van der Waals surface area contributed by atoms with Crippen LogP contribution < -0.4 is 5.32 Å². The molecular weight excluding hydrogens is 368 g/mol. The summed E-state index contributed by atoms with van der Waals surface area (Å²) in [5.74, 6) is -0.566. The second-order valence-corrected chi connectivity index (χ2v) is 9.54. The lowest BCUT2D eigenvalue weighted by atomic mass is 9.94. The smallest absolute Gasteiger partial charge is 0.308 e. The van der Waals surface area contributed by atoms with Gasteiger partial charge in [0.2, 0.25) is 10.0 Å². The van der Waals surface area contributed by atoms with Gasteiger partial charge in [0, 0.05) is 18.8 Å². The molecule has 8 heteroatoms. The lowest BCUT2D eigenvalue weighted by Gasteiger charge is -2.34. The number of nitrogens with one attached hydrogen (secondary N) is 1. The molecule has 1 fully saturated rings. The molecule has 0 aliphatic carbocycles. The first-order valence-electron chi connectivity index (χ1n) is 9.16. The van der Waals surface area contributed by atoms with E-state index in [2.05, 4.69) is 19.2 Å². The zero-order valence-electron chi connectivity index (χ0n) is 16.3. The van der Waals surface area contributed by atoms with E-state index in [4.69, 9.17) is 4.74 Å². The molecular formula is C19H28N2O5S. The summed E-state index contributed by atoms with van der Waals surface area (Å²) in [5, 5.41) is 2.58. The highest BCUT2D eigenvalue weighted by molar-refractivity contribution is 7.89. The number of hydrogen-bond donors (Lipinski definition) is 1. The predicted octanol–water partition coefficient (Wildman–Crippen LogP) is 2.49. The van der Waals surface area contributed by atoms with Crippen LogP contribution in [0.2, 0.25) is 0 Å². The Morgan fingerprint density at radius 2 is 1.70 bits per heavy atom. The van der Waals surface area contributed by atoms with Crippen molar-refractivity contribution in [2.45, 2.75) is 39.0 Å². The molecule has 0 unspecified atom stereocenters. The van der Waals surface area contributed by atoms with Crippen molar-refractivity contribution in [2.75, 3.05) is 25.0 Å². The Morgan fingerprint density at radius 1 is 1.15 bits per heavy atom. The number of nitrogens with zero attached hydrogens (tertiary/aromatic N) is 1. The van der Waals surface area contributed by atoms with Crippen molar-refractivity contribution in [3.63, 3.8) is 0 Å². The van der Waals surface area contributed by atoms with E-state index in [0.29, 0.717) is 30.6 Å². The standard InChI is InChI=1S/C19H28N2O5S/c1-13(2)19(23)26-12-18(22)20-16-5-7-17(8-6-16)27(24,25)21-10-14(3)9-15(4)11-21/h5-8,13-15H,9-12H2,1-4H3,(H,20,22)/t14-,15-/m0/s1. The van der Waals surface area contributed by atoms with Gasteiger partial charge in [-0.05, 0) is 42.5 Å². The summed E-state index contributed by atoms with van der Waals surface area (Å²) in [6.07, 6.45) is 1.03. The third kappa shape index (κ3) is 5.77. The number of carbonyl (C=O) groups is 2. The van der Waals surface area contributed by atoms with Crippen molar-refractivity contribution < 1.29 is 22.7 Å². The monoisotopic (exact) mass is 396 g/mol. The van der Waals surface area contributed by atoms with Crippen LogP contribution in [0, 0.1) is 17.8 Å². The van der Waals surface area contributed by atoms with E-state index in [0.717, 1.165) is 6.42 Å². The van der Waals surface area contributed by atoms with Gasteiger partial charge in [0.25, 0.3) is 5.91 Å². The molecule has 1 amide bonds. The first-order valence-corrected chi connectivity index (χ1v) is 10.6. The molecule has 2 atom stereocenters. The highest BCUT2D eigenvalue weighted by Gasteiger charge is 2.31. The van der Waals surface area contributed by atoms with E-state index in [9.17, 15) is 18.0 Å². The fraction of sp³-hybridized carbons (Fsp3) is 0.579. The first kappa shape index (κ1) is 21.4. The largest absolute Gasteiger partial charge is 0.455 e. The van der Waals surface area contributed by atoms with Gasteiger partial charge in [-0.15, -0.1) is 0 Å². The maximum atomic E-state index is 12.8. The Balaban J connectivity index is 1.99. The van der Waals surface area contributed by atoms with Crippen molar-refractivity contribution in [3.8, 4) is 0 Å². The highest BCUT2D eigenvalue weighted by Crippen LogP contribution is 2.27. The molecule has 1 heterocycles. The number of piperidine rings is 1. The summed E-state index contributed by atoms with van der Waals surface area (Å²) in [5.41, 5.74) is 0.444. The van der Waals surface area contributed by atoms with Crippen LogP contribution in [0.5, 0.6) is 0 Å². The molecule has 1 aliphatic rings. The van der Waals surface area contributed by atoms with E-state index in [1.54, 1.807) is 13.8 Å². The maximum absolute atomic E-state index is 12.8. The fourth-order valence-electron chi connectivity index (χ4n) is 3.16. The Labute approximate surface area is 161 Å². The molecule has 0 saturated carbocycles. The quantitative estimate of drug-likeness (QED) is 0.746. The van der Waals surface area contributed by atoms with Crippen molar-refractivity contribution in [1.29, 1.82) is 0 Å². The van der Waals surface area contributed by atoms with Crippen molar-refractivity contribution in [3.05, 3.63) is 24.3 Å². The summed E-state index contributed by atoms with van der Waals surface area (Å²) < 4.78 is 32.1. The Hall–Kier alpha value is -1.93. The number of sulfonamides is 1. The SMILES string of the molecule is CC(C)C(=O)OCC(=O)Nc1ccc(S(=O)(=O)N2C[C@@H](C)C[C@H](C)C2)cc1. The van der Waals surface area contributed by atoms with E-state index < -0.39 is 21.9 Å². The lowest BCUT2D eigenvalue weighted by Crippen LogP contribution is -2.42. The normalized spacial score (nSPS) is 21.1. The molecule has 1 aromatic carbocycles. The minimum absolute atomic E-state index is 0.202. The Morgan fingerprint density at radius 3 is 2.22 bits per heavy atom. The molecule has 7 nitrogen and oxygen atoms in total. The fourth-order valence-corrected chi connectivity index (χ4v) is 4.84. The summed E-state index contributed by atoms with van der Waals surface area (Å²) in [7, 11) is -3.55. The number of esters is 1. The minimum atomic E-state index is -3.55. The summed E-state index contributed by atoms with van der Waals surface area (Å²) in [6.45, 7) is 8.15. The lowest BCUT2D eigenvalue weighted by molar-refractivity contribution is -0.150. The van der Waals surface area contributed by atoms with Crippen LogP contribution in [0.3, 0.4) is 0 Å². The van der Waals surface area contributed by atoms with Crippen LogP contribution in [-0.4, -0.2) is 44.3 Å². The van der Waals surface area contributed by atoms with Crippen LogP contribution in [0.15, 0.2) is 29.2 Å². The van der Waals surface area contributed by atoms with Gasteiger partial charge in [0.05, 0.1) is 10.8 Å². The van der Waals surface area contributed by atoms with Crippen molar-refractivity contribution in [1.82, 2.24) is 4.31 Å². The predicted molar refractivity (Wildman–Crippen MR) is 103 cm³/mol. The number of benzene rings is 1. The molecule has 0 bridgehead atoms. The van der Waals surface area contributed by atoms with Crippen LogP contribution in [-0.2, 0) is 24.3 Å². The van der Waals surface area contributed by atoms with Crippen LogP contribution >= 0.6 is 0 Å². The number of hydrogen-bond acceptors (Lipinski definition) is 5. The number of anilines is 1. The van der Waals surface area contributed by atoms with Gasteiger partial charge < -0.3 is 10.1 Å². The maximum Gasteiger partial charge on any atom is 0.308 e. The van der Waals surface area contributed by atoms with Gasteiger partial charge in [-0.1, -0.05) is 27.7 Å². The second kappa shape index (κ2) is 8.84. The third-order valence-electron chi connectivity index (χ3n) is 4.43. The number of carbonyl (C=O) groups excluding carboxylic acids is 2. The molecule has 1 aliphatic heterocycles. The van der Waals surface area contributed by atoms with Gasteiger partial charge in [-0.25, -0.2) is 8.42 Å².